The number of benzene rings is 2. The number of anilines is 1. The molecule has 1 aliphatic heterocycles. The van der Waals surface area contributed by atoms with E-state index in [-0.39, 0.29) is 0 Å². The van der Waals surface area contributed by atoms with Crippen LogP contribution in [0, 0.1) is 6.92 Å². The van der Waals surface area contributed by atoms with Crippen molar-refractivity contribution in [2.75, 3.05) is 18.1 Å². The molecule has 0 bridgehead atoms. The zero-order chi connectivity index (χ0) is 15.8. The molecule has 0 spiro atoms. The molecule has 0 amide bonds. The summed E-state index contributed by atoms with van der Waals surface area (Å²) >= 11 is 0. The number of nitrogens with zero attached hydrogens (tertiary/aromatic N) is 5. The van der Waals surface area contributed by atoms with Crippen LogP contribution in [-0.2, 0) is 6.67 Å². The molecule has 0 N–H and O–H groups in total. The maximum absolute atomic E-state index is 4.31. The fourth-order valence-corrected chi connectivity index (χ4v) is 3.17. The van der Waals surface area contributed by atoms with Gasteiger partial charge >= 0.3 is 0 Å². The predicted octanol–water partition coefficient (Wildman–Crippen LogP) is 2.87. The van der Waals surface area contributed by atoms with Gasteiger partial charge in [-0.1, -0.05) is 35.0 Å². The monoisotopic (exact) mass is 307 g/mol. The number of aromatic nitrogens is 3. The van der Waals surface area contributed by atoms with Crippen molar-refractivity contribution < 1.29 is 0 Å². The zero-order valence-electron chi connectivity index (χ0n) is 13.6. The predicted molar refractivity (Wildman–Crippen MR) is 92.2 cm³/mol. The lowest BCUT2D eigenvalue weighted by Crippen LogP contribution is -2.31. The Kier molecular flexibility index (Phi) is 3.50. The van der Waals surface area contributed by atoms with Crippen LogP contribution in [0.15, 0.2) is 48.5 Å². The fraction of sp³-hybridized carbons (Fsp3) is 0.333. The van der Waals surface area contributed by atoms with E-state index < -0.39 is 0 Å². The van der Waals surface area contributed by atoms with Gasteiger partial charge in [0.2, 0.25) is 0 Å². The van der Waals surface area contributed by atoms with Crippen molar-refractivity contribution in [1.82, 2.24) is 19.9 Å². The van der Waals surface area contributed by atoms with E-state index in [1.54, 1.807) is 0 Å². The van der Waals surface area contributed by atoms with E-state index in [1.807, 2.05) is 22.9 Å². The molecule has 23 heavy (non-hydrogen) atoms. The average molecular weight is 307 g/mol. The van der Waals surface area contributed by atoms with Crippen LogP contribution < -0.4 is 4.90 Å². The molecule has 5 heteroatoms. The van der Waals surface area contributed by atoms with E-state index in [0.717, 1.165) is 30.9 Å². The fourth-order valence-electron chi connectivity index (χ4n) is 3.17. The minimum absolute atomic E-state index is 0.485. The van der Waals surface area contributed by atoms with Gasteiger partial charge in [-0.05, 0) is 38.1 Å². The number of rotatable bonds is 3. The second-order valence-electron chi connectivity index (χ2n) is 6.36. The Morgan fingerprint density at radius 1 is 1.09 bits per heavy atom. The van der Waals surface area contributed by atoms with Crippen LogP contribution in [0.1, 0.15) is 12.5 Å². The summed E-state index contributed by atoms with van der Waals surface area (Å²) < 4.78 is 1.99. The number of hydrogen-bond donors (Lipinski definition) is 0. The molecule has 1 atom stereocenters. The first kappa shape index (κ1) is 14.2. The van der Waals surface area contributed by atoms with E-state index in [9.17, 15) is 0 Å². The molecule has 3 aromatic rings. The van der Waals surface area contributed by atoms with Gasteiger partial charge in [0.1, 0.15) is 5.52 Å². The summed E-state index contributed by atoms with van der Waals surface area (Å²) in [6, 6.07) is 17.4. The highest BCUT2D eigenvalue weighted by Crippen LogP contribution is 2.23. The highest BCUT2D eigenvalue weighted by atomic mass is 15.5. The number of fused-ring (bicyclic) bond motifs is 1. The van der Waals surface area contributed by atoms with E-state index in [2.05, 4.69) is 64.3 Å². The van der Waals surface area contributed by atoms with Gasteiger partial charge in [0.15, 0.2) is 0 Å². The van der Waals surface area contributed by atoms with Crippen molar-refractivity contribution in [1.29, 1.82) is 0 Å². The number of hydrogen-bond acceptors (Lipinski definition) is 4. The molecular formula is C18H21N5. The van der Waals surface area contributed by atoms with Gasteiger partial charge in [-0.2, -0.15) is 0 Å². The van der Waals surface area contributed by atoms with E-state index in [1.165, 1.54) is 11.3 Å². The molecule has 0 saturated carbocycles. The lowest BCUT2D eigenvalue weighted by Gasteiger charge is -2.21. The molecule has 118 valence electrons. The summed E-state index contributed by atoms with van der Waals surface area (Å²) in [6.45, 7) is 7.12. The zero-order valence-corrected chi connectivity index (χ0v) is 13.6. The number of para-hydroxylation sites is 1. The maximum atomic E-state index is 4.31. The van der Waals surface area contributed by atoms with Crippen LogP contribution in [0.4, 0.5) is 5.69 Å². The lowest BCUT2D eigenvalue weighted by molar-refractivity contribution is 0.207. The third kappa shape index (κ3) is 2.68. The summed E-state index contributed by atoms with van der Waals surface area (Å²) in [7, 11) is 0. The Morgan fingerprint density at radius 3 is 2.70 bits per heavy atom. The Balaban J connectivity index is 1.52. The van der Waals surface area contributed by atoms with Crippen molar-refractivity contribution >= 4 is 16.7 Å². The summed E-state index contributed by atoms with van der Waals surface area (Å²) in [6.07, 6.45) is 0. The molecule has 0 radical (unpaired) electrons. The van der Waals surface area contributed by atoms with Crippen molar-refractivity contribution in [2.45, 2.75) is 26.6 Å². The van der Waals surface area contributed by atoms with E-state index in [4.69, 9.17) is 0 Å². The van der Waals surface area contributed by atoms with Crippen molar-refractivity contribution in [3.05, 3.63) is 54.1 Å². The SMILES string of the molecule is Cc1ccc(N2CC(C)N(Cn3nnc4ccccc43)C2)cc1. The molecule has 1 saturated heterocycles. The Hall–Kier alpha value is -2.40. The smallest absolute Gasteiger partial charge is 0.113 e. The Labute approximate surface area is 136 Å². The molecule has 1 unspecified atom stereocenters. The molecule has 1 aliphatic rings. The van der Waals surface area contributed by atoms with Gasteiger partial charge in [0.05, 0.1) is 18.9 Å². The minimum Gasteiger partial charge on any atom is -0.357 e. The van der Waals surface area contributed by atoms with Crippen molar-refractivity contribution in [3.63, 3.8) is 0 Å². The van der Waals surface area contributed by atoms with Crippen molar-refractivity contribution in [3.8, 4) is 0 Å². The van der Waals surface area contributed by atoms with Crippen LogP contribution in [0.3, 0.4) is 0 Å². The summed E-state index contributed by atoms with van der Waals surface area (Å²) in [4.78, 5) is 4.85. The molecule has 2 aromatic carbocycles. The second kappa shape index (κ2) is 5.66. The maximum Gasteiger partial charge on any atom is 0.113 e. The topological polar surface area (TPSA) is 37.2 Å². The van der Waals surface area contributed by atoms with E-state index >= 15 is 0 Å². The molecule has 1 fully saturated rings. The highest BCUT2D eigenvalue weighted by molar-refractivity contribution is 5.73. The molecule has 0 aliphatic carbocycles. The largest absolute Gasteiger partial charge is 0.357 e. The first-order valence-electron chi connectivity index (χ1n) is 8.04. The quantitative estimate of drug-likeness (QED) is 0.745. The molecule has 2 heterocycles. The minimum atomic E-state index is 0.485. The molecule has 1 aromatic heterocycles. The normalized spacial score (nSPS) is 18.9. The highest BCUT2D eigenvalue weighted by Gasteiger charge is 2.27. The number of aryl methyl sites for hydroxylation is 1. The first-order chi connectivity index (χ1) is 11.2. The molecule has 5 nitrogen and oxygen atoms in total. The van der Waals surface area contributed by atoms with Gasteiger partial charge in [0, 0.05) is 18.3 Å². The van der Waals surface area contributed by atoms with Gasteiger partial charge in [-0.3, -0.25) is 4.90 Å². The van der Waals surface area contributed by atoms with Crippen LogP contribution >= 0.6 is 0 Å². The summed E-state index contributed by atoms with van der Waals surface area (Å²) in [5.74, 6) is 0. The van der Waals surface area contributed by atoms with Gasteiger partial charge in [-0.15, -0.1) is 5.10 Å². The van der Waals surface area contributed by atoms with Crippen LogP contribution in [0.25, 0.3) is 11.0 Å². The average Bonchev–Trinajstić information content (AvgIpc) is 3.13. The summed E-state index contributed by atoms with van der Waals surface area (Å²) in [5.41, 5.74) is 4.63. The molecular weight excluding hydrogens is 286 g/mol. The van der Waals surface area contributed by atoms with Gasteiger partial charge < -0.3 is 4.90 Å². The third-order valence-electron chi connectivity index (χ3n) is 4.60. The van der Waals surface area contributed by atoms with E-state index in [0.29, 0.717) is 6.04 Å². The van der Waals surface area contributed by atoms with Gasteiger partial charge in [-0.25, -0.2) is 4.68 Å². The standard InChI is InChI=1S/C18H21N5/c1-14-7-9-16(10-8-14)21-11-15(2)22(12-21)13-23-18-6-4-3-5-17(18)19-20-23/h3-10,15H,11-13H2,1-2H3. The Bertz CT molecular complexity index is 808. The van der Waals surface area contributed by atoms with Crippen molar-refractivity contribution in [2.24, 2.45) is 0 Å². The van der Waals surface area contributed by atoms with Crippen LogP contribution in [0.5, 0.6) is 0 Å². The van der Waals surface area contributed by atoms with Crippen LogP contribution in [0.2, 0.25) is 0 Å². The Morgan fingerprint density at radius 2 is 1.87 bits per heavy atom. The molecule has 4 rings (SSSR count). The summed E-state index contributed by atoms with van der Waals surface area (Å²) in [5, 5.41) is 8.55. The van der Waals surface area contributed by atoms with Crippen LogP contribution in [-0.4, -0.2) is 39.1 Å². The van der Waals surface area contributed by atoms with Gasteiger partial charge in [0.25, 0.3) is 0 Å². The first-order valence-corrected chi connectivity index (χ1v) is 8.04. The second-order valence-corrected chi connectivity index (χ2v) is 6.36. The third-order valence-corrected chi connectivity index (χ3v) is 4.60. The lowest BCUT2D eigenvalue weighted by atomic mass is 10.2.